The third-order valence-corrected chi connectivity index (χ3v) is 5.60. The van der Waals surface area contributed by atoms with Gasteiger partial charge in [0, 0.05) is 45.3 Å². The number of halogens is 1. The summed E-state index contributed by atoms with van der Waals surface area (Å²) < 4.78 is 0. The molecule has 3 rings (SSSR count). The molecule has 2 heterocycles. The molecule has 2 amide bonds. The molecular formula is C21H33ClN4O2. The Kier molecular flexibility index (Phi) is 8.73. The van der Waals surface area contributed by atoms with E-state index >= 15 is 0 Å². The molecule has 28 heavy (non-hydrogen) atoms. The van der Waals surface area contributed by atoms with Crippen molar-refractivity contribution in [1.29, 1.82) is 0 Å². The molecule has 2 aliphatic heterocycles. The molecule has 0 bridgehead atoms. The van der Waals surface area contributed by atoms with Gasteiger partial charge in [0.2, 0.25) is 11.8 Å². The largest absolute Gasteiger partial charge is 0.344 e. The fraction of sp³-hybridized carbons (Fsp3) is 0.619. The highest BCUT2D eigenvalue weighted by molar-refractivity contribution is 5.88. The number of rotatable bonds is 6. The molecule has 1 aromatic rings. The molecule has 0 aromatic heterocycles. The van der Waals surface area contributed by atoms with Crippen molar-refractivity contribution >= 4 is 24.2 Å². The van der Waals surface area contributed by atoms with Crippen LogP contribution < -0.4 is 10.6 Å². The summed E-state index contributed by atoms with van der Waals surface area (Å²) in [7, 11) is 0. The van der Waals surface area contributed by atoms with E-state index in [1.54, 1.807) is 0 Å². The summed E-state index contributed by atoms with van der Waals surface area (Å²) in [5.41, 5.74) is 0.963. The van der Waals surface area contributed by atoms with Crippen LogP contribution in [0.4, 0.5) is 0 Å². The fourth-order valence-electron chi connectivity index (χ4n) is 4.00. The van der Waals surface area contributed by atoms with Crippen LogP contribution in [0.3, 0.4) is 0 Å². The van der Waals surface area contributed by atoms with Crippen molar-refractivity contribution < 1.29 is 9.59 Å². The monoisotopic (exact) mass is 408 g/mol. The number of nitrogens with one attached hydrogen (secondary N) is 2. The zero-order valence-corrected chi connectivity index (χ0v) is 17.7. The molecule has 1 aromatic carbocycles. The van der Waals surface area contributed by atoms with Crippen LogP contribution in [0.2, 0.25) is 0 Å². The number of nitrogens with zero attached hydrogens (tertiary/aromatic N) is 2. The Labute approximate surface area is 174 Å². The van der Waals surface area contributed by atoms with Gasteiger partial charge >= 0.3 is 0 Å². The Morgan fingerprint density at radius 2 is 1.82 bits per heavy atom. The summed E-state index contributed by atoms with van der Waals surface area (Å²) in [6, 6.07) is 9.65. The van der Waals surface area contributed by atoms with Crippen molar-refractivity contribution in [3.05, 3.63) is 35.9 Å². The van der Waals surface area contributed by atoms with Gasteiger partial charge in [0.15, 0.2) is 0 Å². The van der Waals surface area contributed by atoms with Crippen LogP contribution in [-0.2, 0) is 16.0 Å². The first-order valence-electron chi connectivity index (χ1n) is 10.1. The number of amides is 2. The van der Waals surface area contributed by atoms with Crippen LogP contribution in [0.1, 0.15) is 25.8 Å². The zero-order chi connectivity index (χ0) is 19.2. The van der Waals surface area contributed by atoms with Gasteiger partial charge in [0.05, 0.1) is 6.42 Å². The minimum absolute atomic E-state index is 0. The van der Waals surface area contributed by atoms with E-state index < -0.39 is 6.04 Å². The second-order valence-electron chi connectivity index (χ2n) is 7.96. The van der Waals surface area contributed by atoms with Crippen LogP contribution in [0.15, 0.2) is 30.3 Å². The molecule has 2 N–H and O–H groups in total. The molecule has 2 fully saturated rings. The Morgan fingerprint density at radius 3 is 2.46 bits per heavy atom. The molecule has 0 saturated carbocycles. The van der Waals surface area contributed by atoms with Crippen LogP contribution in [0.5, 0.6) is 0 Å². The summed E-state index contributed by atoms with van der Waals surface area (Å²) in [6.07, 6.45) is 1.33. The van der Waals surface area contributed by atoms with Crippen molar-refractivity contribution in [2.45, 2.75) is 38.8 Å². The second-order valence-corrected chi connectivity index (χ2v) is 7.96. The maximum atomic E-state index is 13.1. The number of carbonyl (C=O) groups excluding carboxylic acids is 2. The van der Waals surface area contributed by atoms with Crippen molar-refractivity contribution in [2.75, 3.05) is 39.3 Å². The Morgan fingerprint density at radius 1 is 1.14 bits per heavy atom. The summed E-state index contributed by atoms with van der Waals surface area (Å²) in [5.74, 6) is 0.0330. The lowest BCUT2D eigenvalue weighted by molar-refractivity contribution is -0.136. The first kappa shape index (κ1) is 22.7. The average molecular weight is 409 g/mol. The predicted octanol–water partition coefficient (Wildman–Crippen LogP) is 1.30. The van der Waals surface area contributed by atoms with Gasteiger partial charge in [-0.3, -0.25) is 14.5 Å². The van der Waals surface area contributed by atoms with Gasteiger partial charge < -0.3 is 15.5 Å². The topological polar surface area (TPSA) is 64.7 Å². The van der Waals surface area contributed by atoms with Crippen molar-refractivity contribution in [2.24, 2.45) is 5.92 Å². The van der Waals surface area contributed by atoms with Gasteiger partial charge in [0.1, 0.15) is 6.04 Å². The molecule has 156 valence electrons. The molecule has 2 aliphatic rings. The second kappa shape index (κ2) is 10.8. The Balaban J connectivity index is 0.00000280. The summed E-state index contributed by atoms with van der Waals surface area (Å²) >= 11 is 0. The first-order valence-corrected chi connectivity index (χ1v) is 10.1. The number of carbonyl (C=O) groups is 2. The zero-order valence-electron chi connectivity index (χ0n) is 16.9. The van der Waals surface area contributed by atoms with E-state index in [1.807, 2.05) is 49.1 Å². The minimum Gasteiger partial charge on any atom is -0.344 e. The maximum Gasteiger partial charge on any atom is 0.245 e. The van der Waals surface area contributed by atoms with Gasteiger partial charge in [-0.05, 0) is 17.9 Å². The molecule has 0 spiro atoms. The van der Waals surface area contributed by atoms with Crippen LogP contribution in [0, 0.1) is 5.92 Å². The van der Waals surface area contributed by atoms with Gasteiger partial charge in [0.25, 0.3) is 0 Å². The van der Waals surface area contributed by atoms with E-state index in [2.05, 4.69) is 15.5 Å². The van der Waals surface area contributed by atoms with E-state index in [1.165, 1.54) is 0 Å². The number of hydrogen-bond acceptors (Lipinski definition) is 4. The Hall–Kier alpha value is -1.63. The minimum atomic E-state index is -0.456. The van der Waals surface area contributed by atoms with E-state index in [9.17, 15) is 9.59 Å². The molecule has 6 nitrogen and oxygen atoms in total. The van der Waals surface area contributed by atoms with Crippen LogP contribution in [0.25, 0.3) is 0 Å². The van der Waals surface area contributed by atoms with Gasteiger partial charge in [-0.2, -0.15) is 0 Å². The lowest BCUT2D eigenvalue weighted by atomic mass is 10.0. The average Bonchev–Trinajstić information content (AvgIpc) is 3.17. The lowest BCUT2D eigenvalue weighted by Gasteiger charge is -2.33. The standard InChI is InChI=1S/C21H32N4O2.ClH/c1-16(2)20(23-19(26)14-17-6-4-3-5-7-17)21(27)25-11-8-18(15-25)24-12-9-22-10-13-24;/h3-7,16,18,20,22H,8-15H2,1-2H3,(H,23,26);1H. The molecule has 7 heteroatoms. The van der Waals surface area contributed by atoms with E-state index in [-0.39, 0.29) is 30.1 Å². The van der Waals surface area contributed by atoms with Crippen LogP contribution in [-0.4, -0.2) is 73.0 Å². The third-order valence-electron chi connectivity index (χ3n) is 5.60. The smallest absolute Gasteiger partial charge is 0.245 e. The molecule has 2 saturated heterocycles. The molecular weight excluding hydrogens is 376 g/mol. The number of hydrogen-bond donors (Lipinski definition) is 2. The third kappa shape index (κ3) is 5.93. The first-order chi connectivity index (χ1) is 13.0. The SMILES string of the molecule is CC(C)C(NC(=O)Cc1ccccc1)C(=O)N1CCC(N2CCNCC2)C1.Cl. The van der Waals surface area contributed by atoms with Gasteiger partial charge in [-0.1, -0.05) is 44.2 Å². The summed E-state index contributed by atoms with van der Waals surface area (Å²) in [6.45, 7) is 9.69. The van der Waals surface area contributed by atoms with E-state index in [0.717, 1.165) is 51.3 Å². The maximum absolute atomic E-state index is 13.1. The quantitative estimate of drug-likeness (QED) is 0.744. The lowest BCUT2D eigenvalue weighted by Crippen LogP contribution is -2.53. The van der Waals surface area contributed by atoms with Gasteiger partial charge in [-0.15, -0.1) is 12.4 Å². The van der Waals surface area contributed by atoms with E-state index in [4.69, 9.17) is 0 Å². The molecule has 0 radical (unpaired) electrons. The molecule has 2 unspecified atom stereocenters. The number of piperazine rings is 1. The molecule has 0 aliphatic carbocycles. The Bertz CT molecular complexity index is 635. The predicted molar refractivity (Wildman–Crippen MR) is 114 cm³/mol. The summed E-state index contributed by atoms with van der Waals surface area (Å²) in [5, 5.41) is 6.36. The highest BCUT2D eigenvalue weighted by Gasteiger charge is 2.35. The van der Waals surface area contributed by atoms with Crippen molar-refractivity contribution in [3.8, 4) is 0 Å². The highest BCUT2D eigenvalue weighted by atomic mass is 35.5. The normalized spacial score (nSPS) is 21.2. The van der Waals surface area contributed by atoms with Crippen molar-refractivity contribution in [1.82, 2.24) is 20.4 Å². The summed E-state index contributed by atoms with van der Waals surface area (Å²) in [4.78, 5) is 30.0. The van der Waals surface area contributed by atoms with Crippen LogP contribution >= 0.6 is 12.4 Å². The van der Waals surface area contributed by atoms with Gasteiger partial charge in [-0.25, -0.2) is 0 Å². The number of likely N-dealkylation sites (tertiary alicyclic amines) is 1. The van der Waals surface area contributed by atoms with E-state index in [0.29, 0.717) is 12.5 Å². The highest BCUT2D eigenvalue weighted by Crippen LogP contribution is 2.19. The molecule has 2 atom stereocenters. The number of benzene rings is 1. The fourth-order valence-corrected chi connectivity index (χ4v) is 4.00. The van der Waals surface area contributed by atoms with Crippen molar-refractivity contribution in [3.63, 3.8) is 0 Å².